The standard InChI is InChI=1S/C11H23N3O/c1-10(2)14(6-7-15-5)9-11(3,8-12)13-4/h10,13H,6-7,9H2,1-5H3. The van der Waals surface area contributed by atoms with Crippen LogP contribution in [0.15, 0.2) is 0 Å². The van der Waals surface area contributed by atoms with Gasteiger partial charge in [-0.25, -0.2) is 0 Å². The minimum atomic E-state index is -0.488. The van der Waals surface area contributed by atoms with Gasteiger partial charge in [-0.15, -0.1) is 0 Å². The Morgan fingerprint density at radius 2 is 2.13 bits per heavy atom. The molecule has 0 aromatic heterocycles. The Bertz CT molecular complexity index is 212. The highest BCUT2D eigenvalue weighted by molar-refractivity contribution is 5.05. The summed E-state index contributed by atoms with van der Waals surface area (Å²) in [6.45, 7) is 8.43. The molecule has 0 radical (unpaired) electrons. The Morgan fingerprint density at radius 1 is 1.53 bits per heavy atom. The van der Waals surface area contributed by atoms with Crippen LogP contribution in [0.4, 0.5) is 0 Å². The maximum absolute atomic E-state index is 9.07. The molecule has 15 heavy (non-hydrogen) atoms. The molecule has 0 bridgehead atoms. The lowest BCUT2D eigenvalue weighted by atomic mass is 10.0. The summed E-state index contributed by atoms with van der Waals surface area (Å²) in [5, 5.41) is 12.1. The fourth-order valence-corrected chi connectivity index (χ4v) is 1.30. The van der Waals surface area contributed by atoms with Gasteiger partial charge in [0.05, 0.1) is 12.7 Å². The van der Waals surface area contributed by atoms with Crippen molar-refractivity contribution in [3.05, 3.63) is 0 Å². The highest BCUT2D eigenvalue weighted by Crippen LogP contribution is 2.08. The number of hydrogen-bond acceptors (Lipinski definition) is 4. The monoisotopic (exact) mass is 213 g/mol. The van der Waals surface area contributed by atoms with Crippen molar-refractivity contribution in [2.75, 3.05) is 33.9 Å². The van der Waals surface area contributed by atoms with Crippen molar-refractivity contribution >= 4 is 0 Å². The summed E-state index contributed by atoms with van der Waals surface area (Å²) < 4.78 is 5.06. The van der Waals surface area contributed by atoms with Crippen LogP contribution in [0, 0.1) is 11.3 Å². The van der Waals surface area contributed by atoms with Gasteiger partial charge in [0.25, 0.3) is 0 Å². The third-order valence-corrected chi connectivity index (χ3v) is 2.63. The summed E-state index contributed by atoms with van der Waals surface area (Å²) in [5.41, 5.74) is -0.488. The number of methoxy groups -OCH3 is 1. The van der Waals surface area contributed by atoms with Crippen LogP contribution in [-0.2, 0) is 4.74 Å². The van der Waals surface area contributed by atoms with Crippen molar-refractivity contribution in [1.29, 1.82) is 5.26 Å². The molecule has 0 aromatic carbocycles. The van der Waals surface area contributed by atoms with E-state index >= 15 is 0 Å². The Kier molecular flexibility index (Phi) is 6.50. The number of nitrogens with one attached hydrogen (secondary N) is 1. The van der Waals surface area contributed by atoms with Crippen molar-refractivity contribution in [3.63, 3.8) is 0 Å². The molecule has 0 aliphatic carbocycles. The zero-order valence-corrected chi connectivity index (χ0v) is 10.5. The molecule has 88 valence electrons. The number of rotatable bonds is 7. The summed E-state index contributed by atoms with van der Waals surface area (Å²) in [4.78, 5) is 2.24. The van der Waals surface area contributed by atoms with Crippen LogP contribution in [0.3, 0.4) is 0 Å². The van der Waals surface area contributed by atoms with Crippen LogP contribution in [0.2, 0.25) is 0 Å². The first-order valence-corrected chi connectivity index (χ1v) is 5.32. The van der Waals surface area contributed by atoms with Crippen LogP contribution < -0.4 is 5.32 Å². The van der Waals surface area contributed by atoms with Gasteiger partial charge in [-0.2, -0.15) is 5.26 Å². The molecule has 0 spiro atoms. The van der Waals surface area contributed by atoms with Gasteiger partial charge in [0, 0.05) is 26.2 Å². The predicted molar refractivity (Wildman–Crippen MR) is 61.7 cm³/mol. The molecule has 0 aliphatic rings. The van der Waals surface area contributed by atoms with E-state index in [-0.39, 0.29) is 0 Å². The van der Waals surface area contributed by atoms with E-state index in [0.717, 1.165) is 6.54 Å². The number of nitrogens with zero attached hydrogens (tertiary/aromatic N) is 2. The molecular formula is C11H23N3O. The van der Waals surface area contributed by atoms with E-state index < -0.39 is 5.54 Å². The van der Waals surface area contributed by atoms with Gasteiger partial charge in [-0.05, 0) is 27.8 Å². The highest BCUT2D eigenvalue weighted by Gasteiger charge is 2.25. The zero-order valence-electron chi connectivity index (χ0n) is 10.5. The minimum Gasteiger partial charge on any atom is -0.383 e. The van der Waals surface area contributed by atoms with Crippen LogP contribution in [0.25, 0.3) is 0 Å². The van der Waals surface area contributed by atoms with E-state index in [9.17, 15) is 0 Å². The quantitative estimate of drug-likeness (QED) is 0.681. The van der Waals surface area contributed by atoms with Gasteiger partial charge in [-0.3, -0.25) is 4.90 Å². The van der Waals surface area contributed by atoms with E-state index in [1.807, 2.05) is 14.0 Å². The number of likely N-dealkylation sites (N-methyl/N-ethyl adjacent to an activating group) is 1. The van der Waals surface area contributed by atoms with E-state index in [1.165, 1.54) is 0 Å². The molecule has 0 rings (SSSR count). The lowest BCUT2D eigenvalue weighted by Crippen LogP contribution is -2.51. The molecular weight excluding hydrogens is 190 g/mol. The number of hydrogen-bond donors (Lipinski definition) is 1. The van der Waals surface area contributed by atoms with Gasteiger partial charge in [0.2, 0.25) is 0 Å². The molecule has 1 unspecified atom stereocenters. The van der Waals surface area contributed by atoms with Crippen LogP contribution in [-0.4, -0.2) is 50.3 Å². The lowest BCUT2D eigenvalue weighted by molar-refractivity contribution is 0.115. The smallest absolute Gasteiger partial charge is 0.116 e. The second-order valence-corrected chi connectivity index (χ2v) is 4.25. The summed E-state index contributed by atoms with van der Waals surface area (Å²) >= 11 is 0. The maximum atomic E-state index is 9.07. The summed E-state index contributed by atoms with van der Waals surface area (Å²) in [7, 11) is 3.51. The number of ether oxygens (including phenoxy) is 1. The SMILES string of the molecule is CNC(C)(C#N)CN(CCOC)C(C)C. The molecule has 0 aliphatic heterocycles. The van der Waals surface area contributed by atoms with Crippen molar-refractivity contribution < 1.29 is 4.74 Å². The molecule has 0 aromatic rings. The van der Waals surface area contributed by atoms with E-state index in [1.54, 1.807) is 7.11 Å². The normalized spacial score (nSPS) is 15.3. The van der Waals surface area contributed by atoms with Crippen LogP contribution in [0.1, 0.15) is 20.8 Å². The van der Waals surface area contributed by atoms with Gasteiger partial charge >= 0.3 is 0 Å². The first kappa shape index (κ1) is 14.4. The third kappa shape index (κ3) is 5.12. The second kappa shape index (κ2) is 6.78. The number of nitriles is 1. The fourth-order valence-electron chi connectivity index (χ4n) is 1.30. The zero-order chi connectivity index (χ0) is 11.9. The Morgan fingerprint density at radius 3 is 2.47 bits per heavy atom. The largest absolute Gasteiger partial charge is 0.383 e. The Labute approximate surface area is 93.2 Å². The summed E-state index contributed by atoms with van der Waals surface area (Å²) in [6, 6.07) is 2.71. The summed E-state index contributed by atoms with van der Waals surface area (Å²) in [6.07, 6.45) is 0. The van der Waals surface area contributed by atoms with Crippen molar-refractivity contribution in [1.82, 2.24) is 10.2 Å². The molecule has 0 heterocycles. The van der Waals surface area contributed by atoms with Crippen molar-refractivity contribution in [2.45, 2.75) is 32.4 Å². The molecule has 1 N–H and O–H groups in total. The highest BCUT2D eigenvalue weighted by atomic mass is 16.5. The minimum absolute atomic E-state index is 0.418. The van der Waals surface area contributed by atoms with Gasteiger partial charge < -0.3 is 10.1 Å². The fraction of sp³-hybridized carbons (Fsp3) is 0.909. The van der Waals surface area contributed by atoms with Crippen LogP contribution in [0.5, 0.6) is 0 Å². The average molecular weight is 213 g/mol. The van der Waals surface area contributed by atoms with Gasteiger partial charge in [0.1, 0.15) is 5.54 Å². The van der Waals surface area contributed by atoms with Crippen LogP contribution >= 0.6 is 0 Å². The van der Waals surface area contributed by atoms with E-state index in [4.69, 9.17) is 10.00 Å². The molecule has 4 heteroatoms. The molecule has 0 fully saturated rings. The molecule has 4 nitrogen and oxygen atoms in total. The molecule has 0 saturated heterocycles. The van der Waals surface area contributed by atoms with Gasteiger partial charge in [0.15, 0.2) is 0 Å². The molecule has 1 atom stereocenters. The predicted octanol–water partition coefficient (Wildman–Crippen LogP) is 0.845. The Balaban J connectivity index is 4.33. The average Bonchev–Trinajstić information content (AvgIpc) is 2.23. The van der Waals surface area contributed by atoms with E-state index in [0.29, 0.717) is 19.2 Å². The molecule has 0 saturated carbocycles. The molecule has 0 amide bonds. The van der Waals surface area contributed by atoms with Crippen molar-refractivity contribution in [2.24, 2.45) is 0 Å². The van der Waals surface area contributed by atoms with Crippen molar-refractivity contribution in [3.8, 4) is 6.07 Å². The van der Waals surface area contributed by atoms with E-state index in [2.05, 4.69) is 30.1 Å². The second-order valence-electron chi connectivity index (χ2n) is 4.25. The first-order chi connectivity index (χ1) is 6.99. The topological polar surface area (TPSA) is 48.3 Å². The third-order valence-electron chi connectivity index (χ3n) is 2.63. The first-order valence-electron chi connectivity index (χ1n) is 5.32. The summed E-state index contributed by atoms with van der Waals surface area (Å²) in [5.74, 6) is 0. The maximum Gasteiger partial charge on any atom is 0.116 e. The van der Waals surface area contributed by atoms with Gasteiger partial charge in [-0.1, -0.05) is 0 Å². The lowest BCUT2D eigenvalue weighted by Gasteiger charge is -2.33. The Hall–Kier alpha value is -0.630.